The summed E-state index contributed by atoms with van der Waals surface area (Å²) in [5, 5.41) is 0. The van der Waals surface area contributed by atoms with Crippen molar-refractivity contribution in [3.63, 3.8) is 0 Å². The van der Waals surface area contributed by atoms with Gasteiger partial charge in [-0.3, -0.25) is 0 Å². The molecule has 2 aromatic carbocycles. The molecule has 0 fully saturated rings. The van der Waals surface area contributed by atoms with Crippen LogP contribution in [-0.4, -0.2) is 163 Å². The summed E-state index contributed by atoms with van der Waals surface area (Å²) in [7, 11) is 1.72. The third kappa shape index (κ3) is 20.3. The Morgan fingerprint density at radius 3 is 1.19 bits per heavy atom. The molecule has 0 aromatic heterocycles. The van der Waals surface area contributed by atoms with Crippen LogP contribution >= 0.6 is 0 Å². The molecule has 0 aliphatic heterocycles. The fourth-order valence-corrected chi connectivity index (χ4v) is 5.53. The van der Waals surface area contributed by atoms with Crippen LogP contribution in [0, 0.1) is 0 Å². The molecule has 0 radical (unpaired) electrons. The first-order chi connectivity index (χ1) is 26.7. The van der Waals surface area contributed by atoms with E-state index in [-0.39, 0.29) is 12.0 Å². The topological polar surface area (TPSA) is 122 Å². The number of nitrogens with zero attached hydrogens (tertiary/aromatic N) is 1. The molecule has 0 atom stereocenters. The number of fused-ring (bicyclic) bond motifs is 3. The fraction of sp³-hybridized carbons (Fsp3) is 0.683. The van der Waals surface area contributed by atoms with Crippen molar-refractivity contribution in [3.05, 3.63) is 59.7 Å². The number of likely N-dealkylation sites (N-methyl/N-ethyl adjacent to an activating group) is 1. The van der Waals surface area contributed by atoms with Crippen LogP contribution in [0.15, 0.2) is 48.5 Å². The molecule has 2 aromatic rings. The van der Waals surface area contributed by atoms with Crippen molar-refractivity contribution in [1.29, 1.82) is 0 Å². The van der Waals surface area contributed by atoms with Gasteiger partial charge >= 0.3 is 6.09 Å². The smallest absolute Gasteiger partial charge is 0.409 e. The van der Waals surface area contributed by atoms with Crippen LogP contribution in [0.4, 0.5) is 4.79 Å². The van der Waals surface area contributed by atoms with Gasteiger partial charge in [0.1, 0.15) is 6.61 Å². The zero-order chi connectivity index (χ0) is 38.2. The number of benzene rings is 2. The highest BCUT2D eigenvalue weighted by molar-refractivity contribution is 5.79. The Kier molecular flexibility index (Phi) is 26.7. The van der Waals surface area contributed by atoms with Gasteiger partial charge in [0.05, 0.1) is 126 Å². The van der Waals surface area contributed by atoms with Crippen LogP contribution in [0.25, 0.3) is 11.1 Å². The second kappa shape index (κ2) is 31.5. The highest BCUT2D eigenvalue weighted by atomic mass is 16.6. The lowest BCUT2D eigenvalue weighted by Crippen LogP contribution is -2.32. The summed E-state index contributed by atoms with van der Waals surface area (Å²) in [4.78, 5) is 14.1. The lowest BCUT2D eigenvalue weighted by molar-refractivity contribution is -0.0266. The average Bonchev–Trinajstić information content (AvgIpc) is 3.52. The highest BCUT2D eigenvalue weighted by Gasteiger charge is 2.29. The number of rotatable bonds is 36. The van der Waals surface area contributed by atoms with Crippen molar-refractivity contribution in [2.24, 2.45) is 0 Å². The minimum absolute atomic E-state index is 0.0403. The highest BCUT2D eigenvalue weighted by Crippen LogP contribution is 2.44. The van der Waals surface area contributed by atoms with Gasteiger partial charge in [0.15, 0.2) is 0 Å². The minimum atomic E-state index is -0.362. The van der Waals surface area contributed by atoms with Gasteiger partial charge in [-0.25, -0.2) is 4.79 Å². The quantitative estimate of drug-likeness (QED) is 0.0846. The molecule has 0 N–H and O–H groups in total. The molecule has 0 saturated heterocycles. The van der Waals surface area contributed by atoms with Gasteiger partial charge in [-0.1, -0.05) is 68.3 Å². The SMILES string of the molecule is CCCCCOCCOCCOCCOCCOCCOCCOCCOCCOCCOCCN(C)C(=O)OCC1c2ccccc2-c2ccccc21. The fourth-order valence-electron chi connectivity index (χ4n) is 5.53. The van der Waals surface area contributed by atoms with E-state index in [0.29, 0.717) is 139 Å². The van der Waals surface area contributed by atoms with E-state index in [4.69, 9.17) is 52.1 Å². The molecule has 3 rings (SSSR count). The van der Waals surface area contributed by atoms with Crippen LogP contribution in [0.3, 0.4) is 0 Å². The first kappa shape index (κ1) is 45.7. The Hall–Kier alpha value is -2.69. The molecular formula is C41H65NO12. The number of hydrogen-bond acceptors (Lipinski definition) is 12. The Bertz CT molecular complexity index is 1160. The van der Waals surface area contributed by atoms with Crippen molar-refractivity contribution in [2.45, 2.75) is 32.1 Å². The molecule has 1 aliphatic rings. The van der Waals surface area contributed by atoms with Crippen molar-refractivity contribution >= 4 is 6.09 Å². The van der Waals surface area contributed by atoms with Gasteiger partial charge < -0.3 is 57.0 Å². The second-order valence-electron chi connectivity index (χ2n) is 12.6. The van der Waals surface area contributed by atoms with Crippen LogP contribution in [-0.2, 0) is 52.1 Å². The Labute approximate surface area is 322 Å². The third-order valence-electron chi connectivity index (χ3n) is 8.46. The van der Waals surface area contributed by atoms with Crippen molar-refractivity contribution in [2.75, 3.05) is 152 Å². The molecule has 0 unspecified atom stereocenters. The molecule has 0 spiro atoms. The van der Waals surface area contributed by atoms with E-state index in [0.717, 1.165) is 13.0 Å². The van der Waals surface area contributed by atoms with E-state index >= 15 is 0 Å². The number of hydrogen-bond donors (Lipinski definition) is 0. The zero-order valence-electron chi connectivity index (χ0n) is 32.7. The summed E-state index contributed by atoms with van der Waals surface area (Å²) in [6.45, 7) is 13.4. The van der Waals surface area contributed by atoms with E-state index in [9.17, 15) is 4.79 Å². The zero-order valence-corrected chi connectivity index (χ0v) is 32.7. The molecular weight excluding hydrogens is 698 g/mol. The van der Waals surface area contributed by atoms with E-state index in [2.05, 4.69) is 31.2 Å². The summed E-state index contributed by atoms with van der Waals surface area (Å²) < 4.78 is 60.8. The monoisotopic (exact) mass is 763 g/mol. The van der Waals surface area contributed by atoms with Gasteiger partial charge in [0, 0.05) is 26.1 Å². The number of carbonyl (C=O) groups is 1. The van der Waals surface area contributed by atoms with Gasteiger partial charge in [-0.2, -0.15) is 0 Å². The van der Waals surface area contributed by atoms with E-state index in [1.54, 1.807) is 7.05 Å². The van der Waals surface area contributed by atoms with Gasteiger partial charge in [-0.15, -0.1) is 0 Å². The normalized spacial score (nSPS) is 12.3. The molecule has 54 heavy (non-hydrogen) atoms. The molecule has 13 heteroatoms. The second-order valence-corrected chi connectivity index (χ2v) is 12.6. The summed E-state index contributed by atoms with van der Waals surface area (Å²) in [5.74, 6) is 0.0403. The molecule has 1 amide bonds. The van der Waals surface area contributed by atoms with Crippen LogP contribution in [0.5, 0.6) is 0 Å². The minimum Gasteiger partial charge on any atom is -0.448 e. The summed E-state index contributed by atoms with van der Waals surface area (Å²) in [6.07, 6.45) is 3.17. The predicted octanol–water partition coefficient (Wildman–Crippen LogP) is 5.22. The van der Waals surface area contributed by atoms with Crippen molar-refractivity contribution in [3.8, 4) is 11.1 Å². The average molecular weight is 764 g/mol. The number of unbranched alkanes of at least 4 members (excludes halogenated alkanes) is 2. The van der Waals surface area contributed by atoms with Crippen molar-refractivity contribution in [1.82, 2.24) is 4.90 Å². The number of carbonyl (C=O) groups excluding carboxylic acids is 1. The van der Waals surface area contributed by atoms with Gasteiger partial charge in [0.2, 0.25) is 0 Å². The molecule has 0 heterocycles. The van der Waals surface area contributed by atoms with Crippen molar-refractivity contribution < 1.29 is 56.9 Å². The standard InChI is InChI=1S/C41H65NO12/c1-3-4-9-15-44-17-19-46-21-23-48-25-27-50-29-31-52-33-34-53-32-30-51-28-26-49-24-22-47-20-18-45-16-14-42(2)41(43)54-35-40-38-12-7-5-10-36(38)37-11-6-8-13-39(37)40/h5-8,10-13,40H,3-4,9,14-35H2,1-2H3. The largest absolute Gasteiger partial charge is 0.448 e. The van der Waals surface area contributed by atoms with Gasteiger partial charge in [-0.05, 0) is 28.7 Å². The van der Waals surface area contributed by atoms with E-state index in [1.165, 1.54) is 40.0 Å². The maximum atomic E-state index is 12.6. The Balaban J connectivity index is 0.974. The molecule has 306 valence electrons. The molecule has 0 bridgehead atoms. The molecule has 1 aliphatic carbocycles. The predicted molar refractivity (Wildman–Crippen MR) is 205 cm³/mol. The lowest BCUT2D eigenvalue weighted by atomic mass is 9.98. The Morgan fingerprint density at radius 2 is 0.815 bits per heavy atom. The lowest BCUT2D eigenvalue weighted by Gasteiger charge is -2.19. The van der Waals surface area contributed by atoms with Crippen LogP contribution in [0.1, 0.15) is 43.2 Å². The first-order valence-corrected chi connectivity index (χ1v) is 19.6. The maximum Gasteiger partial charge on any atom is 0.409 e. The number of amides is 1. The summed E-state index contributed by atoms with van der Waals surface area (Å²) in [5.41, 5.74) is 4.80. The van der Waals surface area contributed by atoms with E-state index in [1.807, 2.05) is 24.3 Å². The third-order valence-corrected chi connectivity index (χ3v) is 8.46. The van der Waals surface area contributed by atoms with Crippen LogP contribution in [0.2, 0.25) is 0 Å². The Morgan fingerprint density at radius 1 is 0.481 bits per heavy atom. The summed E-state index contributed by atoms with van der Waals surface area (Å²) in [6, 6.07) is 16.6. The van der Waals surface area contributed by atoms with Gasteiger partial charge in [0.25, 0.3) is 0 Å². The van der Waals surface area contributed by atoms with Crippen LogP contribution < -0.4 is 0 Å². The summed E-state index contributed by atoms with van der Waals surface area (Å²) >= 11 is 0. The molecule has 13 nitrogen and oxygen atoms in total. The van der Waals surface area contributed by atoms with E-state index < -0.39 is 0 Å². The number of ether oxygens (including phenoxy) is 11. The maximum absolute atomic E-state index is 12.6. The first-order valence-electron chi connectivity index (χ1n) is 19.6. The molecule has 0 saturated carbocycles.